The first-order valence-corrected chi connectivity index (χ1v) is 4.18. The molecule has 0 saturated carbocycles. The van der Waals surface area contributed by atoms with Gasteiger partial charge in [-0.2, -0.15) is 0 Å². The van der Waals surface area contributed by atoms with E-state index in [9.17, 15) is 0 Å². The van der Waals surface area contributed by atoms with Gasteiger partial charge in [-0.3, -0.25) is 10.4 Å². The lowest BCUT2D eigenvalue weighted by Crippen LogP contribution is -2.19. The minimum absolute atomic E-state index is 0.198. The van der Waals surface area contributed by atoms with Crippen LogP contribution in [0.2, 0.25) is 0 Å². The standard InChI is InChI=1S/C8H10N4S/c1-3-13-8(10)12-6-4-5-7(9)11-2/h1H,6H2,2H3,(H2,9,11)(H2,10,12). The summed E-state index contributed by atoms with van der Waals surface area (Å²) in [6.07, 6.45) is 4.96. The van der Waals surface area contributed by atoms with E-state index < -0.39 is 0 Å². The van der Waals surface area contributed by atoms with Crippen molar-refractivity contribution in [1.82, 2.24) is 5.32 Å². The van der Waals surface area contributed by atoms with E-state index in [1.807, 2.05) is 0 Å². The minimum atomic E-state index is 0.198. The lowest BCUT2D eigenvalue weighted by molar-refractivity contribution is 1.08. The molecular weight excluding hydrogens is 184 g/mol. The average molecular weight is 194 g/mol. The van der Waals surface area contributed by atoms with E-state index in [4.69, 9.17) is 17.6 Å². The Hall–Kier alpha value is -1.59. The zero-order chi connectivity index (χ0) is 10.1. The topological polar surface area (TPSA) is 74.3 Å². The van der Waals surface area contributed by atoms with Crippen LogP contribution in [0.5, 0.6) is 0 Å². The van der Waals surface area contributed by atoms with Crippen LogP contribution in [0, 0.1) is 28.9 Å². The van der Waals surface area contributed by atoms with Crippen LogP contribution in [-0.2, 0) is 0 Å². The van der Waals surface area contributed by atoms with Crippen LogP contribution in [0.25, 0.3) is 0 Å². The van der Waals surface area contributed by atoms with Crippen LogP contribution in [-0.4, -0.2) is 24.6 Å². The molecule has 4 nitrogen and oxygen atoms in total. The Labute approximate surface area is 81.9 Å². The SMILES string of the molecule is C#CSC(=N)NCC#CC(N)=NC. The molecule has 0 amide bonds. The van der Waals surface area contributed by atoms with E-state index in [-0.39, 0.29) is 11.0 Å². The molecule has 0 aliphatic heterocycles. The smallest absolute Gasteiger partial charge is 0.171 e. The van der Waals surface area contributed by atoms with Crippen molar-refractivity contribution in [2.75, 3.05) is 13.6 Å². The first-order valence-electron chi connectivity index (χ1n) is 3.36. The van der Waals surface area contributed by atoms with Crippen molar-refractivity contribution in [1.29, 1.82) is 5.41 Å². The molecule has 0 aromatic rings. The number of rotatable bonds is 1. The van der Waals surface area contributed by atoms with E-state index in [1.54, 1.807) is 7.05 Å². The van der Waals surface area contributed by atoms with Gasteiger partial charge in [0.15, 0.2) is 11.0 Å². The van der Waals surface area contributed by atoms with Gasteiger partial charge in [0.2, 0.25) is 0 Å². The number of hydrogen-bond acceptors (Lipinski definition) is 3. The minimum Gasteiger partial charge on any atom is -0.377 e. The highest BCUT2D eigenvalue weighted by molar-refractivity contribution is 8.17. The van der Waals surface area contributed by atoms with E-state index in [2.05, 4.69) is 27.4 Å². The van der Waals surface area contributed by atoms with Crippen LogP contribution in [0.15, 0.2) is 4.99 Å². The highest BCUT2D eigenvalue weighted by Gasteiger charge is 1.89. The third kappa shape index (κ3) is 6.79. The summed E-state index contributed by atoms with van der Waals surface area (Å²) in [4.78, 5) is 3.64. The van der Waals surface area contributed by atoms with Gasteiger partial charge in [0.05, 0.1) is 6.54 Å². The van der Waals surface area contributed by atoms with Crippen molar-refractivity contribution < 1.29 is 0 Å². The molecular formula is C8H10N4S. The monoisotopic (exact) mass is 194 g/mol. The summed E-state index contributed by atoms with van der Waals surface area (Å²) in [6, 6.07) is 0. The predicted octanol–water partition coefficient (Wildman–Crippen LogP) is -0.175. The zero-order valence-corrected chi connectivity index (χ0v) is 8.03. The Morgan fingerprint density at radius 3 is 3.00 bits per heavy atom. The summed E-state index contributed by atoms with van der Waals surface area (Å²) in [5, 5.41) is 12.3. The van der Waals surface area contributed by atoms with Gasteiger partial charge in [-0.25, -0.2) is 0 Å². The Morgan fingerprint density at radius 1 is 1.77 bits per heavy atom. The molecule has 0 bridgehead atoms. The van der Waals surface area contributed by atoms with Gasteiger partial charge in [0.1, 0.15) is 0 Å². The van der Waals surface area contributed by atoms with Crippen molar-refractivity contribution in [3.8, 4) is 23.5 Å². The van der Waals surface area contributed by atoms with E-state index >= 15 is 0 Å². The van der Waals surface area contributed by atoms with Crippen molar-refractivity contribution in [3.63, 3.8) is 0 Å². The van der Waals surface area contributed by atoms with E-state index in [1.165, 1.54) is 0 Å². The number of nitrogens with two attached hydrogens (primary N) is 1. The van der Waals surface area contributed by atoms with Crippen LogP contribution in [0.4, 0.5) is 0 Å². The first-order chi connectivity index (χ1) is 6.20. The van der Waals surface area contributed by atoms with Gasteiger partial charge in [0, 0.05) is 7.05 Å². The summed E-state index contributed by atoms with van der Waals surface area (Å²) in [5.41, 5.74) is 5.31. The molecule has 0 aromatic heterocycles. The molecule has 0 aliphatic carbocycles. The third-order valence-corrected chi connectivity index (χ3v) is 1.42. The maximum absolute atomic E-state index is 7.20. The fourth-order valence-electron chi connectivity index (χ4n) is 0.410. The molecule has 0 fully saturated rings. The number of nitrogens with one attached hydrogen (secondary N) is 2. The molecule has 0 atom stereocenters. The summed E-state index contributed by atoms with van der Waals surface area (Å²) in [6.45, 7) is 0.337. The zero-order valence-electron chi connectivity index (χ0n) is 7.22. The lowest BCUT2D eigenvalue weighted by Gasteiger charge is -1.96. The van der Waals surface area contributed by atoms with Gasteiger partial charge in [0.25, 0.3) is 0 Å². The first kappa shape index (κ1) is 11.4. The normalized spacial score (nSPS) is 9.38. The molecule has 0 aliphatic rings. The van der Waals surface area contributed by atoms with Crippen LogP contribution >= 0.6 is 11.8 Å². The molecule has 0 saturated heterocycles. The summed E-state index contributed by atoms with van der Waals surface area (Å²) in [5.74, 6) is 5.55. The third-order valence-electron chi connectivity index (χ3n) is 0.956. The Bertz CT molecular complexity index is 302. The van der Waals surface area contributed by atoms with Gasteiger partial charge in [-0.15, -0.1) is 6.42 Å². The lowest BCUT2D eigenvalue weighted by atomic mass is 10.5. The highest BCUT2D eigenvalue weighted by Crippen LogP contribution is 1.93. The second-order valence-corrected chi connectivity index (χ2v) is 2.66. The second kappa shape index (κ2) is 7.08. The predicted molar refractivity (Wildman–Crippen MR) is 57.5 cm³/mol. The molecule has 0 aromatic carbocycles. The molecule has 0 rings (SSSR count). The number of amidine groups is 2. The van der Waals surface area contributed by atoms with E-state index in [0.717, 1.165) is 11.8 Å². The summed E-state index contributed by atoms with van der Waals surface area (Å²) in [7, 11) is 1.56. The highest BCUT2D eigenvalue weighted by atomic mass is 32.2. The maximum Gasteiger partial charge on any atom is 0.171 e. The number of thioether (sulfide) groups is 1. The quantitative estimate of drug-likeness (QED) is 0.308. The van der Waals surface area contributed by atoms with Gasteiger partial charge < -0.3 is 11.1 Å². The van der Waals surface area contributed by atoms with E-state index in [0.29, 0.717) is 6.54 Å². The molecule has 0 spiro atoms. The van der Waals surface area contributed by atoms with Crippen molar-refractivity contribution in [3.05, 3.63) is 0 Å². The second-order valence-electron chi connectivity index (χ2n) is 1.81. The van der Waals surface area contributed by atoms with Crippen molar-refractivity contribution >= 4 is 22.8 Å². The molecule has 0 heterocycles. The number of terminal acetylenes is 1. The summed E-state index contributed by atoms with van der Waals surface area (Å²) >= 11 is 0.967. The van der Waals surface area contributed by atoms with Crippen LogP contribution < -0.4 is 11.1 Å². The van der Waals surface area contributed by atoms with Crippen molar-refractivity contribution in [2.45, 2.75) is 0 Å². The molecule has 5 heteroatoms. The Morgan fingerprint density at radius 2 is 2.46 bits per heavy atom. The van der Waals surface area contributed by atoms with Crippen molar-refractivity contribution in [2.24, 2.45) is 10.7 Å². The van der Waals surface area contributed by atoms with Gasteiger partial charge in [-0.1, -0.05) is 5.92 Å². The van der Waals surface area contributed by atoms with Gasteiger partial charge >= 0.3 is 0 Å². The number of hydrogen-bond donors (Lipinski definition) is 3. The largest absolute Gasteiger partial charge is 0.377 e. The molecule has 68 valence electrons. The average Bonchev–Trinajstić information content (AvgIpc) is 2.12. The molecule has 4 N–H and O–H groups in total. The summed E-state index contributed by atoms with van der Waals surface area (Å²) < 4.78 is 0. The van der Waals surface area contributed by atoms with Crippen LogP contribution in [0.1, 0.15) is 0 Å². The number of nitrogens with zero attached hydrogens (tertiary/aromatic N) is 1. The fraction of sp³-hybridized carbons (Fsp3) is 0.250. The Balaban J connectivity index is 3.73. The molecule has 0 unspecified atom stereocenters. The van der Waals surface area contributed by atoms with Gasteiger partial charge in [-0.05, 0) is 22.9 Å². The Kier molecular flexibility index (Phi) is 6.21. The fourth-order valence-corrected chi connectivity index (χ4v) is 0.672. The molecule has 0 radical (unpaired) electrons. The molecule has 13 heavy (non-hydrogen) atoms. The van der Waals surface area contributed by atoms with Crippen LogP contribution in [0.3, 0.4) is 0 Å². The maximum atomic E-state index is 7.20. The number of aliphatic imine (C=N–C) groups is 1.